The quantitative estimate of drug-likeness (QED) is 0.831. The third kappa shape index (κ3) is 4.45. The van der Waals surface area contributed by atoms with E-state index in [9.17, 15) is 0 Å². The first-order chi connectivity index (χ1) is 10.3. The van der Waals surface area contributed by atoms with E-state index in [1.54, 1.807) is 0 Å². The zero-order valence-corrected chi connectivity index (χ0v) is 13.8. The predicted molar refractivity (Wildman–Crippen MR) is 90.2 cm³/mol. The Hall–Kier alpha value is -1.06. The topological polar surface area (TPSA) is 15.7 Å². The summed E-state index contributed by atoms with van der Waals surface area (Å²) in [5.41, 5.74) is 2.71. The molecule has 2 fully saturated rings. The van der Waals surface area contributed by atoms with E-state index < -0.39 is 0 Å². The maximum absolute atomic E-state index is 5.46. The van der Waals surface area contributed by atoms with Gasteiger partial charge in [0, 0.05) is 51.1 Å². The van der Waals surface area contributed by atoms with Gasteiger partial charge in [-0.2, -0.15) is 0 Å². The molecule has 21 heavy (non-hydrogen) atoms. The number of anilines is 1. The summed E-state index contributed by atoms with van der Waals surface area (Å²) >= 11 is 0. The highest BCUT2D eigenvalue weighted by atomic mass is 16.5. The second-order valence-corrected chi connectivity index (χ2v) is 5.70. The lowest BCUT2D eigenvalue weighted by molar-refractivity contribution is 0.0321. The van der Waals surface area contributed by atoms with Gasteiger partial charge in [-0.15, -0.1) is 0 Å². The molecule has 0 aliphatic carbocycles. The van der Waals surface area contributed by atoms with Gasteiger partial charge in [0.25, 0.3) is 0 Å². The summed E-state index contributed by atoms with van der Waals surface area (Å²) < 4.78 is 5.46. The first-order valence-electron chi connectivity index (χ1n) is 8.46. The van der Waals surface area contributed by atoms with E-state index in [1.807, 2.05) is 13.8 Å². The van der Waals surface area contributed by atoms with E-state index in [0.717, 1.165) is 32.3 Å². The first-order valence-corrected chi connectivity index (χ1v) is 8.46. The number of benzene rings is 1. The average Bonchev–Trinajstić information content (AvgIpc) is 2.58. The maximum atomic E-state index is 5.46. The molecule has 0 bridgehead atoms. The Morgan fingerprint density at radius 2 is 1.48 bits per heavy atom. The van der Waals surface area contributed by atoms with Crippen LogP contribution in [-0.4, -0.2) is 50.3 Å². The Balaban J connectivity index is 0.000000774. The fraction of sp³-hybridized carbons (Fsp3) is 0.667. The van der Waals surface area contributed by atoms with Gasteiger partial charge in [-0.05, 0) is 31.9 Å². The fourth-order valence-corrected chi connectivity index (χ4v) is 3.15. The largest absolute Gasteiger partial charge is 0.381 e. The van der Waals surface area contributed by atoms with Crippen molar-refractivity contribution in [1.29, 1.82) is 0 Å². The molecule has 2 aliphatic rings. The smallest absolute Gasteiger partial charge is 0.0480 e. The van der Waals surface area contributed by atoms with Gasteiger partial charge in [0.15, 0.2) is 0 Å². The highest BCUT2D eigenvalue weighted by Gasteiger charge is 2.25. The molecule has 0 unspecified atom stereocenters. The molecule has 0 amide bonds. The standard InChI is InChI=1S/C16H24N2O.C2H6/c1-14-2-4-15(5-3-14)17-8-10-18(11-9-17)16-6-12-19-13-7-16;1-2/h2-5,16H,6-13H2,1H3;1-2H3. The number of rotatable bonds is 2. The Kier molecular flexibility index (Phi) is 6.52. The van der Waals surface area contributed by atoms with Gasteiger partial charge in [-0.3, -0.25) is 4.90 Å². The first kappa shape index (κ1) is 16.3. The molecule has 2 saturated heterocycles. The van der Waals surface area contributed by atoms with Crippen molar-refractivity contribution >= 4 is 5.69 Å². The van der Waals surface area contributed by atoms with Crippen LogP contribution in [0.2, 0.25) is 0 Å². The predicted octanol–water partition coefficient (Wildman–Crippen LogP) is 3.32. The molecule has 1 aromatic rings. The molecule has 0 spiro atoms. The normalized spacial score (nSPS) is 20.8. The van der Waals surface area contributed by atoms with E-state index in [0.29, 0.717) is 0 Å². The molecule has 118 valence electrons. The molecular weight excluding hydrogens is 260 g/mol. The SMILES string of the molecule is CC.Cc1ccc(N2CCN(C3CCOCC3)CC2)cc1. The molecule has 0 atom stereocenters. The lowest BCUT2D eigenvalue weighted by Gasteiger charge is -2.41. The molecule has 3 rings (SSSR count). The van der Waals surface area contributed by atoms with E-state index >= 15 is 0 Å². The zero-order chi connectivity index (χ0) is 15.1. The summed E-state index contributed by atoms with van der Waals surface area (Å²) in [6, 6.07) is 9.67. The van der Waals surface area contributed by atoms with Gasteiger partial charge in [0.1, 0.15) is 0 Å². The van der Waals surface area contributed by atoms with Crippen LogP contribution >= 0.6 is 0 Å². The van der Waals surface area contributed by atoms with Crippen molar-refractivity contribution in [3.8, 4) is 0 Å². The van der Waals surface area contributed by atoms with E-state index in [4.69, 9.17) is 4.74 Å². The lowest BCUT2D eigenvalue weighted by atomic mass is 10.1. The third-order valence-electron chi connectivity index (χ3n) is 4.42. The zero-order valence-electron chi connectivity index (χ0n) is 13.8. The molecular formula is C18H30N2O. The molecule has 0 N–H and O–H groups in total. The number of hydrogen-bond acceptors (Lipinski definition) is 3. The summed E-state index contributed by atoms with van der Waals surface area (Å²) in [5.74, 6) is 0. The van der Waals surface area contributed by atoms with Crippen LogP contribution in [0.3, 0.4) is 0 Å². The summed E-state index contributed by atoms with van der Waals surface area (Å²) in [4.78, 5) is 5.17. The summed E-state index contributed by atoms with van der Waals surface area (Å²) in [5, 5.41) is 0. The molecule has 1 aromatic carbocycles. The maximum Gasteiger partial charge on any atom is 0.0480 e. The number of piperazine rings is 1. The van der Waals surface area contributed by atoms with E-state index in [1.165, 1.54) is 37.2 Å². The second-order valence-electron chi connectivity index (χ2n) is 5.70. The van der Waals surface area contributed by atoms with E-state index in [-0.39, 0.29) is 0 Å². The van der Waals surface area contributed by atoms with Gasteiger partial charge >= 0.3 is 0 Å². The fourth-order valence-electron chi connectivity index (χ4n) is 3.15. The van der Waals surface area contributed by atoms with Crippen LogP contribution in [0.4, 0.5) is 5.69 Å². The van der Waals surface area contributed by atoms with Crippen LogP contribution in [0.15, 0.2) is 24.3 Å². The van der Waals surface area contributed by atoms with Gasteiger partial charge in [-0.1, -0.05) is 31.5 Å². The molecule has 0 saturated carbocycles. The van der Waals surface area contributed by atoms with Crippen molar-refractivity contribution in [2.45, 2.75) is 39.7 Å². The summed E-state index contributed by atoms with van der Waals surface area (Å²) in [6.45, 7) is 12.7. The second kappa shape index (κ2) is 8.40. The number of nitrogens with zero attached hydrogens (tertiary/aromatic N) is 2. The van der Waals surface area contributed by atoms with Crippen molar-refractivity contribution in [3.63, 3.8) is 0 Å². The van der Waals surface area contributed by atoms with Gasteiger partial charge in [0.2, 0.25) is 0 Å². The van der Waals surface area contributed by atoms with Crippen LogP contribution in [0.5, 0.6) is 0 Å². The lowest BCUT2D eigenvalue weighted by Crippen LogP contribution is -2.51. The van der Waals surface area contributed by atoms with Gasteiger partial charge < -0.3 is 9.64 Å². The average molecular weight is 290 g/mol. The number of hydrogen-bond donors (Lipinski definition) is 0. The van der Waals surface area contributed by atoms with Crippen molar-refractivity contribution in [2.24, 2.45) is 0 Å². The highest BCUT2D eigenvalue weighted by molar-refractivity contribution is 5.47. The van der Waals surface area contributed by atoms with Crippen molar-refractivity contribution in [2.75, 3.05) is 44.3 Å². The van der Waals surface area contributed by atoms with Crippen molar-refractivity contribution in [3.05, 3.63) is 29.8 Å². The molecule has 2 heterocycles. The van der Waals surface area contributed by atoms with Crippen LogP contribution in [0.25, 0.3) is 0 Å². The van der Waals surface area contributed by atoms with E-state index in [2.05, 4.69) is 41.0 Å². The number of aryl methyl sites for hydroxylation is 1. The Bertz CT molecular complexity index is 390. The molecule has 0 aromatic heterocycles. The molecule has 3 heteroatoms. The van der Waals surface area contributed by atoms with Crippen molar-refractivity contribution in [1.82, 2.24) is 4.90 Å². The Morgan fingerprint density at radius 1 is 0.905 bits per heavy atom. The van der Waals surface area contributed by atoms with Crippen LogP contribution in [-0.2, 0) is 4.74 Å². The minimum absolute atomic E-state index is 0.758. The molecule has 0 radical (unpaired) electrons. The minimum Gasteiger partial charge on any atom is -0.381 e. The monoisotopic (exact) mass is 290 g/mol. The van der Waals surface area contributed by atoms with Crippen LogP contribution in [0.1, 0.15) is 32.3 Å². The summed E-state index contributed by atoms with van der Waals surface area (Å²) in [7, 11) is 0. The highest BCUT2D eigenvalue weighted by Crippen LogP contribution is 2.20. The molecule has 2 aliphatic heterocycles. The summed E-state index contributed by atoms with van der Waals surface area (Å²) in [6.07, 6.45) is 2.43. The van der Waals surface area contributed by atoms with Crippen LogP contribution < -0.4 is 4.90 Å². The Morgan fingerprint density at radius 3 is 2.05 bits per heavy atom. The third-order valence-corrected chi connectivity index (χ3v) is 4.42. The number of ether oxygens (including phenoxy) is 1. The van der Waals surface area contributed by atoms with Crippen molar-refractivity contribution < 1.29 is 4.74 Å². The van der Waals surface area contributed by atoms with Crippen LogP contribution in [0, 0.1) is 6.92 Å². The minimum atomic E-state index is 0.758. The molecule has 3 nitrogen and oxygen atoms in total. The van der Waals surface area contributed by atoms with Gasteiger partial charge in [0.05, 0.1) is 0 Å². The Labute approximate surface area is 129 Å². The van der Waals surface area contributed by atoms with Gasteiger partial charge in [-0.25, -0.2) is 0 Å².